The predicted octanol–water partition coefficient (Wildman–Crippen LogP) is 3.75. The summed E-state index contributed by atoms with van der Waals surface area (Å²) in [6.07, 6.45) is 5.24. The van der Waals surface area contributed by atoms with Crippen LogP contribution in [-0.2, 0) is 0 Å². The summed E-state index contributed by atoms with van der Waals surface area (Å²) < 4.78 is 0. The Bertz CT molecular complexity index is 380. The number of hydrogen-bond acceptors (Lipinski definition) is 2. The fourth-order valence-electron chi connectivity index (χ4n) is 2.41. The molecule has 2 nitrogen and oxygen atoms in total. The van der Waals surface area contributed by atoms with Gasteiger partial charge in [-0.2, -0.15) is 0 Å². The second-order valence-electron chi connectivity index (χ2n) is 4.92. The molecular formula is C14H20ClNO. The van der Waals surface area contributed by atoms with E-state index in [0.29, 0.717) is 0 Å². The van der Waals surface area contributed by atoms with Gasteiger partial charge >= 0.3 is 0 Å². The monoisotopic (exact) mass is 253 g/mol. The van der Waals surface area contributed by atoms with E-state index in [2.05, 4.69) is 12.2 Å². The van der Waals surface area contributed by atoms with Crippen molar-refractivity contribution < 1.29 is 5.11 Å². The summed E-state index contributed by atoms with van der Waals surface area (Å²) in [5.41, 5.74) is 2.22. The lowest BCUT2D eigenvalue weighted by atomic mass is 10.0. The van der Waals surface area contributed by atoms with Crippen LogP contribution in [0.1, 0.15) is 37.7 Å². The average Bonchev–Trinajstić information content (AvgIpc) is 2.50. The maximum atomic E-state index is 10.1. The van der Waals surface area contributed by atoms with Gasteiger partial charge < -0.3 is 10.4 Å². The molecule has 1 saturated carbocycles. The Morgan fingerprint density at radius 2 is 2.00 bits per heavy atom. The first-order valence-corrected chi connectivity index (χ1v) is 6.75. The molecule has 17 heavy (non-hydrogen) atoms. The molecule has 94 valence electrons. The van der Waals surface area contributed by atoms with Crippen LogP contribution in [0.3, 0.4) is 0 Å². The number of nitrogens with one attached hydrogen (secondary N) is 1. The quantitative estimate of drug-likeness (QED) is 0.787. The van der Waals surface area contributed by atoms with Gasteiger partial charge in [-0.25, -0.2) is 0 Å². The Hall–Kier alpha value is -0.730. The lowest BCUT2D eigenvalue weighted by molar-refractivity contribution is 0.144. The van der Waals surface area contributed by atoms with Crippen molar-refractivity contribution in [1.29, 1.82) is 0 Å². The van der Waals surface area contributed by atoms with Crippen molar-refractivity contribution in [2.45, 2.75) is 51.2 Å². The number of aliphatic hydroxyl groups is 1. The minimum atomic E-state index is -0.240. The Morgan fingerprint density at radius 1 is 1.24 bits per heavy atom. The number of anilines is 1. The highest BCUT2D eigenvalue weighted by Gasteiger charge is 2.21. The molecule has 2 unspecified atom stereocenters. The molecule has 0 aliphatic heterocycles. The van der Waals surface area contributed by atoms with E-state index in [4.69, 9.17) is 11.6 Å². The highest BCUT2D eigenvalue weighted by Crippen LogP contribution is 2.25. The minimum Gasteiger partial charge on any atom is -0.391 e. The van der Waals surface area contributed by atoms with Crippen LogP contribution < -0.4 is 5.32 Å². The maximum Gasteiger partial charge on any atom is 0.0741 e. The van der Waals surface area contributed by atoms with Crippen LogP contribution in [0.2, 0.25) is 5.02 Å². The Balaban J connectivity index is 2.10. The molecule has 1 aliphatic carbocycles. The molecule has 0 saturated heterocycles. The van der Waals surface area contributed by atoms with Crippen molar-refractivity contribution >= 4 is 17.3 Å². The SMILES string of the molecule is Cc1ccc(Cl)cc1NC1CCCCCC1O. The fourth-order valence-corrected chi connectivity index (χ4v) is 2.58. The van der Waals surface area contributed by atoms with Crippen molar-refractivity contribution in [2.75, 3.05) is 5.32 Å². The molecule has 1 aromatic rings. The highest BCUT2D eigenvalue weighted by molar-refractivity contribution is 6.30. The molecule has 1 aromatic carbocycles. The summed E-state index contributed by atoms with van der Waals surface area (Å²) in [5, 5.41) is 14.3. The van der Waals surface area contributed by atoms with Crippen LogP contribution in [0, 0.1) is 6.92 Å². The summed E-state index contributed by atoms with van der Waals surface area (Å²) in [6, 6.07) is 6.00. The first-order valence-electron chi connectivity index (χ1n) is 6.37. The van der Waals surface area contributed by atoms with Gasteiger partial charge in [-0.1, -0.05) is 36.9 Å². The number of benzene rings is 1. The summed E-state index contributed by atoms with van der Waals surface area (Å²) in [4.78, 5) is 0. The molecule has 2 rings (SSSR count). The van der Waals surface area contributed by atoms with E-state index < -0.39 is 0 Å². The highest BCUT2D eigenvalue weighted by atomic mass is 35.5. The van der Waals surface area contributed by atoms with Crippen molar-refractivity contribution in [3.63, 3.8) is 0 Å². The number of hydrogen-bond donors (Lipinski definition) is 2. The van der Waals surface area contributed by atoms with Crippen LogP contribution in [0.4, 0.5) is 5.69 Å². The third-order valence-electron chi connectivity index (χ3n) is 3.52. The summed E-state index contributed by atoms with van der Waals surface area (Å²) >= 11 is 6.00. The predicted molar refractivity (Wildman–Crippen MR) is 72.7 cm³/mol. The molecule has 0 aromatic heterocycles. The van der Waals surface area contributed by atoms with Crippen molar-refractivity contribution in [2.24, 2.45) is 0 Å². The van der Waals surface area contributed by atoms with Crippen molar-refractivity contribution in [3.8, 4) is 0 Å². The zero-order valence-corrected chi connectivity index (χ0v) is 11.0. The van der Waals surface area contributed by atoms with Crippen LogP contribution in [0.15, 0.2) is 18.2 Å². The molecule has 1 aliphatic rings. The van der Waals surface area contributed by atoms with E-state index >= 15 is 0 Å². The van der Waals surface area contributed by atoms with E-state index in [0.717, 1.165) is 30.0 Å². The molecule has 0 spiro atoms. The Kier molecular flexibility index (Phi) is 4.30. The van der Waals surface area contributed by atoms with Crippen LogP contribution >= 0.6 is 11.6 Å². The normalized spacial score (nSPS) is 25.4. The number of rotatable bonds is 2. The smallest absolute Gasteiger partial charge is 0.0741 e. The van der Waals surface area contributed by atoms with Crippen LogP contribution in [0.25, 0.3) is 0 Å². The summed E-state index contributed by atoms with van der Waals surface area (Å²) in [5.74, 6) is 0. The lowest BCUT2D eigenvalue weighted by Gasteiger charge is -2.24. The molecule has 2 N–H and O–H groups in total. The Labute approximate surface area is 108 Å². The van der Waals surface area contributed by atoms with E-state index in [1.807, 2.05) is 18.2 Å². The third kappa shape index (κ3) is 3.36. The molecular weight excluding hydrogens is 234 g/mol. The molecule has 0 amide bonds. The zero-order valence-electron chi connectivity index (χ0n) is 10.2. The van der Waals surface area contributed by atoms with E-state index in [1.54, 1.807) is 0 Å². The Morgan fingerprint density at radius 3 is 2.82 bits per heavy atom. The van der Waals surface area contributed by atoms with Gasteiger partial charge in [0.1, 0.15) is 0 Å². The van der Waals surface area contributed by atoms with Crippen molar-refractivity contribution in [1.82, 2.24) is 0 Å². The average molecular weight is 254 g/mol. The topological polar surface area (TPSA) is 32.3 Å². The molecule has 0 bridgehead atoms. The van der Waals surface area contributed by atoms with Gasteiger partial charge in [0, 0.05) is 10.7 Å². The van der Waals surface area contributed by atoms with Gasteiger partial charge in [0.05, 0.1) is 12.1 Å². The second kappa shape index (κ2) is 5.74. The van der Waals surface area contributed by atoms with Gasteiger partial charge in [0.25, 0.3) is 0 Å². The number of halogens is 1. The molecule has 2 atom stereocenters. The largest absolute Gasteiger partial charge is 0.391 e. The zero-order chi connectivity index (χ0) is 12.3. The maximum absolute atomic E-state index is 10.1. The van der Waals surface area contributed by atoms with E-state index in [9.17, 15) is 5.11 Å². The van der Waals surface area contributed by atoms with Crippen LogP contribution in [-0.4, -0.2) is 17.3 Å². The molecule has 0 heterocycles. The molecule has 3 heteroatoms. The molecule has 1 fully saturated rings. The van der Waals surface area contributed by atoms with Gasteiger partial charge in [-0.15, -0.1) is 0 Å². The molecule has 0 radical (unpaired) electrons. The van der Waals surface area contributed by atoms with Crippen molar-refractivity contribution in [3.05, 3.63) is 28.8 Å². The van der Waals surface area contributed by atoms with Gasteiger partial charge in [0.15, 0.2) is 0 Å². The van der Waals surface area contributed by atoms with Crippen LogP contribution in [0.5, 0.6) is 0 Å². The van der Waals surface area contributed by atoms with E-state index in [1.165, 1.54) is 18.4 Å². The first kappa shape index (κ1) is 12.7. The third-order valence-corrected chi connectivity index (χ3v) is 3.76. The fraction of sp³-hybridized carbons (Fsp3) is 0.571. The lowest BCUT2D eigenvalue weighted by Crippen LogP contribution is -2.32. The first-order chi connectivity index (χ1) is 8.16. The summed E-state index contributed by atoms with van der Waals surface area (Å²) in [7, 11) is 0. The number of aryl methyl sites for hydroxylation is 1. The second-order valence-corrected chi connectivity index (χ2v) is 5.35. The van der Waals surface area contributed by atoms with Gasteiger partial charge in [-0.3, -0.25) is 0 Å². The minimum absolute atomic E-state index is 0.162. The number of aliphatic hydroxyl groups excluding tert-OH is 1. The standard InChI is InChI=1S/C14H20ClNO/c1-10-7-8-11(15)9-13(10)16-12-5-3-2-4-6-14(12)17/h7-9,12,14,16-17H,2-6H2,1H3. The summed E-state index contributed by atoms with van der Waals surface area (Å²) in [6.45, 7) is 2.06. The van der Waals surface area contributed by atoms with Gasteiger partial charge in [0.2, 0.25) is 0 Å². The van der Waals surface area contributed by atoms with E-state index in [-0.39, 0.29) is 12.1 Å². The van der Waals surface area contributed by atoms with Gasteiger partial charge in [-0.05, 0) is 37.5 Å².